The molecule has 1 amide bonds. The van der Waals surface area contributed by atoms with Gasteiger partial charge in [-0.2, -0.15) is 0 Å². The minimum absolute atomic E-state index is 0.0214. The molecule has 1 aromatic heterocycles. The van der Waals surface area contributed by atoms with Crippen LogP contribution in [-0.2, 0) is 11.3 Å². The molecule has 7 heteroatoms. The second-order valence-corrected chi connectivity index (χ2v) is 3.59. The second kappa shape index (κ2) is 6.43. The maximum Gasteiger partial charge on any atom is 0.409 e. The number of amides is 1. The Bertz CT molecular complexity index is 441. The monoisotopic (exact) mass is 253 g/mol. The van der Waals surface area contributed by atoms with Crippen LogP contribution in [0.3, 0.4) is 0 Å². The molecule has 0 aliphatic heterocycles. The Labute approximate surface area is 104 Å². The van der Waals surface area contributed by atoms with Crippen LogP contribution < -0.4 is 0 Å². The van der Waals surface area contributed by atoms with Gasteiger partial charge < -0.3 is 19.3 Å². The fourth-order valence-corrected chi connectivity index (χ4v) is 1.19. The van der Waals surface area contributed by atoms with E-state index >= 15 is 0 Å². The van der Waals surface area contributed by atoms with Crippen LogP contribution in [0.25, 0.3) is 0 Å². The first kappa shape index (κ1) is 13.8. The number of ether oxygens (including phenoxy) is 1. The van der Waals surface area contributed by atoms with Crippen molar-refractivity contribution in [1.82, 2.24) is 14.5 Å². The number of nitrogens with zero attached hydrogens (tertiary/aromatic N) is 3. The summed E-state index contributed by atoms with van der Waals surface area (Å²) >= 11 is 0. The molecule has 18 heavy (non-hydrogen) atoms. The zero-order valence-corrected chi connectivity index (χ0v) is 10.1. The van der Waals surface area contributed by atoms with Crippen LogP contribution in [0.2, 0.25) is 0 Å². The van der Waals surface area contributed by atoms with Gasteiger partial charge in [0, 0.05) is 26.3 Å². The third kappa shape index (κ3) is 3.93. The highest BCUT2D eigenvalue weighted by Crippen LogP contribution is 1.98. The Morgan fingerprint density at radius 1 is 1.67 bits per heavy atom. The van der Waals surface area contributed by atoms with Crippen molar-refractivity contribution in [3.8, 4) is 0 Å². The molecule has 0 aliphatic carbocycles. The number of hydrogen-bond donors (Lipinski definition) is 1. The summed E-state index contributed by atoms with van der Waals surface area (Å²) in [5.41, 5.74) is -0.0214. The van der Waals surface area contributed by atoms with Crippen LogP contribution in [0.1, 0.15) is 10.5 Å². The van der Waals surface area contributed by atoms with E-state index in [-0.39, 0.29) is 12.3 Å². The summed E-state index contributed by atoms with van der Waals surface area (Å²) in [6.07, 6.45) is 3.85. The van der Waals surface area contributed by atoms with E-state index < -0.39 is 12.1 Å². The van der Waals surface area contributed by atoms with Gasteiger partial charge in [0.2, 0.25) is 0 Å². The number of carboxylic acid groups (broad SMARTS) is 1. The van der Waals surface area contributed by atoms with E-state index in [0.29, 0.717) is 13.1 Å². The standard InChI is InChI=1S/C11H15N3O4/c1-3-6-18-11(17)13(2)4-5-14-7-9(10(15)16)12-8-14/h3,7-8H,1,4-6H2,2H3,(H,15,16). The van der Waals surface area contributed by atoms with Gasteiger partial charge in [-0.05, 0) is 0 Å². The Hall–Kier alpha value is -2.31. The van der Waals surface area contributed by atoms with Crippen molar-refractivity contribution in [3.05, 3.63) is 30.9 Å². The van der Waals surface area contributed by atoms with Crippen LogP contribution in [0.15, 0.2) is 25.2 Å². The Balaban J connectivity index is 2.41. The lowest BCUT2D eigenvalue weighted by atomic mass is 10.5. The van der Waals surface area contributed by atoms with Crippen molar-refractivity contribution in [3.63, 3.8) is 0 Å². The summed E-state index contributed by atoms with van der Waals surface area (Å²) in [6, 6.07) is 0. The highest BCUT2D eigenvalue weighted by molar-refractivity contribution is 5.84. The predicted molar refractivity (Wildman–Crippen MR) is 63.4 cm³/mol. The Morgan fingerprint density at radius 3 is 2.94 bits per heavy atom. The number of carbonyl (C=O) groups is 2. The molecule has 0 saturated carbocycles. The number of likely N-dealkylation sites (N-methyl/N-ethyl adjacent to an activating group) is 1. The Morgan fingerprint density at radius 2 is 2.39 bits per heavy atom. The number of imidazole rings is 1. The summed E-state index contributed by atoms with van der Waals surface area (Å²) in [5, 5.41) is 8.69. The lowest BCUT2D eigenvalue weighted by molar-refractivity contribution is 0.0690. The fourth-order valence-electron chi connectivity index (χ4n) is 1.19. The summed E-state index contributed by atoms with van der Waals surface area (Å²) in [4.78, 5) is 27.1. The van der Waals surface area contributed by atoms with Gasteiger partial charge in [0.15, 0.2) is 5.69 Å². The van der Waals surface area contributed by atoms with Crippen molar-refractivity contribution in [2.45, 2.75) is 6.54 Å². The average Bonchev–Trinajstić information content (AvgIpc) is 2.81. The second-order valence-electron chi connectivity index (χ2n) is 3.59. The van der Waals surface area contributed by atoms with Crippen LogP contribution in [0.5, 0.6) is 0 Å². The molecule has 0 spiro atoms. The molecule has 1 heterocycles. The zero-order chi connectivity index (χ0) is 13.5. The molecule has 7 nitrogen and oxygen atoms in total. The van der Waals surface area contributed by atoms with Crippen LogP contribution in [0.4, 0.5) is 4.79 Å². The zero-order valence-electron chi connectivity index (χ0n) is 10.1. The summed E-state index contributed by atoms with van der Waals surface area (Å²) in [5.74, 6) is -1.08. The minimum atomic E-state index is -1.08. The van der Waals surface area contributed by atoms with Crippen molar-refractivity contribution in [1.29, 1.82) is 0 Å². The van der Waals surface area contributed by atoms with E-state index in [1.54, 1.807) is 11.6 Å². The van der Waals surface area contributed by atoms with Crippen molar-refractivity contribution in [2.24, 2.45) is 0 Å². The average molecular weight is 253 g/mol. The number of aromatic nitrogens is 2. The fraction of sp³-hybridized carbons (Fsp3) is 0.364. The normalized spacial score (nSPS) is 9.83. The quantitative estimate of drug-likeness (QED) is 0.759. The van der Waals surface area contributed by atoms with E-state index in [9.17, 15) is 9.59 Å². The molecular formula is C11H15N3O4. The van der Waals surface area contributed by atoms with Gasteiger partial charge in [0.1, 0.15) is 6.61 Å². The summed E-state index contributed by atoms with van der Waals surface area (Å²) in [7, 11) is 1.60. The van der Waals surface area contributed by atoms with Crippen molar-refractivity contribution >= 4 is 12.1 Å². The molecule has 1 rings (SSSR count). The van der Waals surface area contributed by atoms with Crippen molar-refractivity contribution < 1.29 is 19.4 Å². The molecule has 0 radical (unpaired) electrons. The predicted octanol–water partition coefficient (Wildman–Crippen LogP) is 0.836. The maximum absolute atomic E-state index is 11.4. The molecule has 0 fully saturated rings. The number of carbonyl (C=O) groups excluding carboxylic acids is 1. The molecule has 0 saturated heterocycles. The van der Waals surface area contributed by atoms with Crippen LogP contribution in [0, 0.1) is 0 Å². The van der Waals surface area contributed by atoms with Gasteiger partial charge >= 0.3 is 12.1 Å². The number of carboxylic acids is 1. The molecular weight excluding hydrogens is 238 g/mol. The van der Waals surface area contributed by atoms with Gasteiger partial charge in [-0.1, -0.05) is 12.7 Å². The Kier molecular flexibility index (Phi) is 4.91. The lowest BCUT2D eigenvalue weighted by Gasteiger charge is -2.16. The van der Waals surface area contributed by atoms with E-state index in [1.807, 2.05) is 0 Å². The van der Waals surface area contributed by atoms with Crippen molar-refractivity contribution in [2.75, 3.05) is 20.2 Å². The van der Waals surface area contributed by atoms with Gasteiger partial charge in [0.25, 0.3) is 0 Å². The van der Waals surface area contributed by atoms with Gasteiger partial charge in [-0.25, -0.2) is 14.6 Å². The minimum Gasteiger partial charge on any atom is -0.476 e. The highest BCUT2D eigenvalue weighted by Gasteiger charge is 2.10. The number of hydrogen-bond acceptors (Lipinski definition) is 4. The van der Waals surface area contributed by atoms with Gasteiger partial charge in [-0.3, -0.25) is 0 Å². The lowest BCUT2D eigenvalue weighted by Crippen LogP contribution is -2.30. The van der Waals surface area contributed by atoms with Crippen LogP contribution in [-0.4, -0.2) is 51.8 Å². The maximum atomic E-state index is 11.4. The largest absolute Gasteiger partial charge is 0.476 e. The van der Waals surface area contributed by atoms with E-state index in [1.165, 1.54) is 23.5 Å². The van der Waals surface area contributed by atoms with E-state index in [0.717, 1.165) is 0 Å². The third-order valence-corrected chi connectivity index (χ3v) is 2.18. The summed E-state index contributed by atoms with van der Waals surface area (Å²) < 4.78 is 6.43. The molecule has 0 bridgehead atoms. The first-order chi connectivity index (χ1) is 8.54. The smallest absolute Gasteiger partial charge is 0.409 e. The molecule has 0 unspecified atom stereocenters. The molecule has 98 valence electrons. The molecule has 0 aromatic carbocycles. The molecule has 1 N–H and O–H groups in total. The van der Waals surface area contributed by atoms with Gasteiger partial charge in [0.05, 0.1) is 6.33 Å². The number of aromatic carboxylic acids is 1. The number of rotatable bonds is 6. The van der Waals surface area contributed by atoms with Crippen LogP contribution >= 0.6 is 0 Å². The first-order valence-corrected chi connectivity index (χ1v) is 5.28. The first-order valence-electron chi connectivity index (χ1n) is 5.28. The summed E-state index contributed by atoms with van der Waals surface area (Å²) in [6.45, 7) is 4.44. The van der Waals surface area contributed by atoms with E-state index in [4.69, 9.17) is 9.84 Å². The van der Waals surface area contributed by atoms with Gasteiger partial charge in [-0.15, -0.1) is 0 Å². The topological polar surface area (TPSA) is 84.7 Å². The van der Waals surface area contributed by atoms with E-state index in [2.05, 4.69) is 11.6 Å². The molecule has 0 aliphatic rings. The third-order valence-electron chi connectivity index (χ3n) is 2.18. The highest BCUT2D eigenvalue weighted by atomic mass is 16.6. The SMILES string of the molecule is C=CCOC(=O)N(C)CCn1cnc(C(=O)O)c1. The molecule has 0 atom stereocenters. The molecule has 1 aromatic rings.